The monoisotopic (exact) mass is 585 g/mol. The van der Waals surface area contributed by atoms with Crippen LogP contribution in [0.25, 0.3) is 0 Å². The van der Waals surface area contributed by atoms with Gasteiger partial charge in [0.25, 0.3) is 0 Å². The molecule has 1 heterocycles. The second-order valence-corrected chi connectivity index (χ2v) is 11.6. The molecular weight excluding hydrogens is 553 g/mol. The smallest absolute Gasteiger partial charge is 0.244 e. The number of nitrogens with zero attached hydrogens (tertiary/aromatic N) is 2. The molecule has 1 aliphatic rings. The van der Waals surface area contributed by atoms with E-state index in [9.17, 15) is 18.0 Å². The van der Waals surface area contributed by atoms with Gasteiger partial charge in [-0.1, -0.05) is 49.5 Å². The number of sulfonamides is 1. The summed E-state index contributed by atoms with van der Waals surface area (Å²) in [7, 11) is -3.90. The topological polar surface area (TPSA) is 105 Å². The number of carbonyl (C=O) groups excluding carboxylic acids is 2. The minimum absolute atomic E-state index is 0.0736. The van der Waals surface area contributed by atoms with Crippen LogP contribution in [0.3, 0.4) is 0 Å². The molecule has 0 bridgehead atoms. The number of hydrogen-bond acceptors (Lipinski definition) is 6. The highest BCUT2D eigenvalue weighted by molar-refractivity contribution is 7.92. The molecule has 38 heavy (non-hydrogen) atoms. The van der Waals surface area contributed by atoms with Gasteiger partial charge in [-0.05, 0) is 37.1 Å². The van der Waals surface area contributed by atoms with Gasteiger partial charge in [-0.2, -0.15) is 0 Å². The SMILES string of the molecule is CCCCNC(=O)[C@@H](CC)N(Cc1c(Cl)cccc1Cl)C(=O)CN(c1ccc2c(c1)OCCO2)S(C)(=O)=O. The Balaban J connectivity index is 1.97. The predicted octanol–water partition coefficient (Wildman–Crippen LogP) is 4.25. The van der Waals surface area contributed by atoms with Crippen LogP contribution in [0.1, 0.15) is 38.7 Å². The van der Waals surface area contributed by atoms with E-state index in [0.717, 1.165) is 23.4 Å². The highest BCUT2D eigenvalue weighted by Gasteiger charge is 2.33. The van der Waals surface area contributed by atoms with Gasteiger partial charge < -0.3 is 19.7 Å². The van der Waals surface area contributed by atoms with E-state index in [1.165, 1.54) is 11.0 Å². The van der Waals surface area contributed by atoms with Crippen LogP contribution in [0.5, 0.6) is 11.5 Å². The van der Waals surface area contributed by atoms with E-state index >= 15 is 0 Å². The van der Waals surface area contributed by atoms with Crippen LogP contribution in [-0.2, 0) is 26.2 Å². The first-order valence-electron chi connectivity index (χ1n) is 12.4. The van der Waals surface area contributed by atoms with Crippen molar-refractivity contribution in [3.05, 3.63) is 52.0 Å². The van der Waals surface area contributed by atoms with Crippen molar-refractivity contribution in [1.82, 2.24) is 10.2 Å². The molecule has 0 radical (unpaired) electrons. The third kappa shape index (κ3) is 7.45. The standard InChI is InChI=1S/C26H33Cl2N3O6S/c1-4-6-12-29-26(33)22(5-2)30(16-19-20(27)8-7-9-21(19)28)25(32)17-31(38(3,34)35)18-10-11-23-24(15-18)37-14-13-36-23/h7-11,15,22H,4-6,12-14,16-17H2,1-3H3,(H,29,33)/t22-/m1/s1. The first-order chi connectivity index (χ1) is 18.1. The molecule has 0 aliphatic carbocycles. The van der Waals surface area contributed by atoms with E-state index in [2.05, 4.69) is 5.32 Å². The molecule has 0 saturated carbocycles. The second kappa shape index (κ2) is 13.4. The molecule has 0 aromatic heterocycles. The molecule has 1 atom stereocenters. The van der Waals surface area contributed by atoms with Crippen molar-refractivity contribution in [2.75, 3.05) is 36.9 Å². The average Bonchev–Trinajstić information content (AvgIpc) is 2.88. The fourth-order valence-corrected chi connectivity index (χ4v) is 5.44. The lowest BCUT2D eigenvalue weighted by molar-refractivity contribution is -0.140. The number of benzene rings is 2. The summed E-state index contributed by atoms with van der Waals surface area (Å²) in [5.41, 5.74) is 0.704. The molecule has 2 aromatic carbocycles. The van der Waals surface area contributed by atoms with Gasteiger partial charge in [0.1, 0.15) is 25.8 Å². The Morgan fingerprint density at radius 3 is 2.32 bits per heavy atom. The summed E-state index contributed by atoms with van der Waals surface area (Å²) in [4.78, 5) is 28.3. The normalized spacial score (nSPS) is 13.5. The van der Waals surface area contributed by atoms with Crippen LogP contribution >= 0.6 is 23.2 Å². The summed E-state index contributed by atoms with van der Waals surface area (Å²) < 4.78 is 37.8. The van der Waals surface area contributed by atoms with Crippen molar-refractivity contribution in [2.45, 2.75) is 45.7 Å². The highest BCUT2D eigenvalue weighted by atomic mass is 35.5. The minimum atomic E-state index is -3.90. The molecule has 9 nitrogen and oxygen atoms in total. The summed E-state index contributed by atoms with van der Waals surface area (Å²) in [6.07, 6.45) is 3.00. The number of amides is 2. The maximum Gasteiger partial charge on any atom is 0.244 e. The van der Waals surface area contributed by atoms with E-state index < -0.39 is 28.5 Å². The third-order valence-electron chi connectivity index (χ3n) is 6.10. The van der Waals surface area contributed by atoms with Gasteiger partial charge in [-0.3, -0.25) is 13.9 Å². The summed E-state index contributed by atoms with van der Waals surface area (Å²) in [5.74, 6) is -0.0395. The maximum absolute atomic E-state index is 13.8. The number of anilines is 1. The molecule has 208 valence electrons. The fraction of sp³-hybridized carbons (Fsp3) is 0.462. The van der Waals surface area contributed by atoms with Crippen LogP contribution in [0.15, 0.2) is 36.4 Å². The Morgan fingerprint density at radius 2 is 1.71 bits per heavy atom. The van der Waals surface area contributed by atoms with Crippen molar-refractivity contribution in [3.8, 4) is 11.5 Å². The number of hydrogen-bond donors (Lipinski definition) is 1. The second-order valence-electron chi connectivity index (χ2n) is 8.89. The van der Waals surface area contributed by atoms with E-state index in [0.29, 0.717) is 53.3 Å². The van der Waals surface area contributed by atoms with Gasteiger partial charge in [-0.15, -0.1) is 0 Å². The number of unbranched alkanes of at least 4 members (excludes halogenated alkanes) is 1. The van der Waals surface area contributed by atoms with Gasteiger partial charge >= 0.3 is 0 Å². The summed E-state index contributed by atoms with van der Waals surface area (Å²) in [6.45, 7) is 4.36. The largest absolute Gasteiger partial charge is 0.486 e. The number of carbonyl (C=O) groups is 2. The van der Waals surface area contributed by atoms with Gasteiger partial charge in [0.2, 0.25) is 21.8 Å². The zero-order chi connectivity index (χ0) is 27.9. The van der Waals surface area contributed by atoms with Crippen molar-refractivity contribution < 1.29 is 27.5 Å². The molecule has 2 aromatic rings. The number of nitrogens with one attached hydrogen (secondary N) is 1. The zero-order valence-corrected chi connectivity index (χ0v) is 24.0. The van der Waals surface area contributed by atoms with E-state index in [-0.39, 0.29) is 18.1 Å². The van der Waals surface area contributed by atoms with Crippen molar-refractivity contribution in [1.29, 1.82) is 0 Å². The lowest BCUT2D eigenvalue weighted by Gasteiger charge is -2.33. The molecule has 1 N–H and O–H groups in total. The van der Waals surface area contributed by atoms with Crippen molar-refractivity contribution in [3.63, 3.8) is 0 Å². The lowest BCUT2D eigenvalue weighted by Crippen LogP contribution is -2.52. The molecular formula is C26H33Cl2N3O6S. The van der Waals surface area contributed by atoms with Gasteiger partial charge in [0.05, 0.1) is 11.9 Å². The Labute approximate surface area is 234 Å². The molecule has 0 unspecified atom stereocenters. The van der Waals surface area contributed by atoms with Crippen LogP contribution < -0.4 is 19.1 Å². The minimum Gasteiger partial charge on any atom is -0.486 e. The van der Waals surface area contributed by atoms with Gasteiger partial charge in [-0.25, -0.2) is 8.42 Å². The molecule has 0 saturated heterocycles. The highest BCUT2D eigenvalue weighted by Crippen LogP contribution is 2.35. The zero-order valence-electron chi connectivity index (χ0n) is 21.7. The number of fused-ring (bicyclic) bond motifs is 1. The summed E-state index contributed by atoms with van der Waals surface area (Å²) in [6, 6.07) is 8.77. The average molecular weight is 587 g/mol. The Morgan fingerprint density at radius 1 is 1.05 bits per heavy atom. The quantitative estimate of drug-likeness (QED) is 0.373. The molecule has 2 amide bonds. The van der Waals surface area contributed by atoms with Gasteiger partial charge in [0.15, 0.2) is 11.5 Å². The van der Waals surface area contributed by atoms with Crippen LogP contribution in [0.4, 0.5) is 5.69 Å². The predicted molar refractivity (Wildman–Crippen MR) is 149 cm³/mol. The third-order valence-corrected chi connectivity index (χ3v) is 7.95. The molecule has 3 rings (SSSR count). The molecule has 0 spiro atoms. The van der Waals surface area contributed by atoms with E-state index in [1.807, 2.05) is 6.92 Å². The Bertz CT molecular complexity index is 1240. The van der Waals surface area contributed by atoms with Crippen molar-refractivity contribution >= 4 is 50.7 Å². The molecule has 1 aliphatic heterocycles. The summed E-state index contributed by atoms with van der Waals surface area (Å²) >= 11 is 12.8. The molecule has 12 heteroatoms. The van der Waals surface area contributed by atoms with Crippen LogP contribution in [0.2, 0.25) is 10.0 Å². The van der Waals surface area contributed by atoms with Crippen LogP contribution in [-0.4, -0.2) is 63.7 Å². The Kier molecular flexibility index (Phi) is 10.5. The fourth-order valence-electron chi connectivity index (χ4n) is 4.08. The van der Waals surface area contributed by atoms with Crippen molar-refractivity contribution in [2.24, 2.45) is 0 Å². The first-order valence-corrected chi connectivity index (χ1v) is 15.0. The van der Waals surface area contributed by atoms with Gasteiger partial charge in [0, 0.05) is 34.8 Å². The Hall–Kier alpha value is -2.69. The lowest BCUT2D eigenvalue weighted by atomic mass is 10.1. The first kappa shape index (κ1) is 29.9. The van der Waals surface area contributed by atoms with E-state index in [4.69, 9.17) is 32.7 Å². The maximum atomic E-state index is 13.8. The number of rotatable bonds is 12. The molecule has 0 fully saturated rings. The number of ether oxygens (including phenoxy) is 2. The van der Waals surface area contributed by atoms with Crippen LogP contribution in [0, 0.1) is 0 Å². The summed E-state index contributed by atoms with van der Waals surface area (Å²) in [5, 5.41) is 3.55. The number of halogens is 2. The van der Waals surface area contributed by atoms with E-state index in [1.54, 1.807) is 37.3 Å².